The summed E-state index contributed by atoms with van der Waals surface area (Å²) in [6.07, 6.45) is 0.306. The van der Waals surface area contributed by atoms with Crippen molar-refractivity contribution in [2.24, 2.45) is 0 Å². The third-order valence-electron chi connectivity index (χ3n) is 5.02. The van der Waals surface area contributed by atoms with Crippen molar-refractivity contribution in [3.05, 3.63) is 27.2 Å². The van der Waals surface area contributed by atoms with Crippen LogP contribution in [0.1, 0.15) is 75.2 Å². The topological polar surface area (TPSA) is 78.1 Å². The monoisotopic (exact) mass is 402 g/mol. The Balaban J connectivity index is 1.97. The lowest BCUT2D eigenvalue weighted by molar-refractivity contribution is -0.139. The van der Waals surface area contributed by atoms with Gasteiger partial charge in [-0.2, -0.15) is 18.3 Å². The van der Waals surface area contributed by atoms with Crippen molar-refractivity contribution in [1.29, 1.82) is 0 Å². The molecule has 28 heavy (non-hydrogen) atoms. The fourth-order valence-corrected chi connectivity index (χ4v) is 3.67. The van der Waals surface area contributed by atoms with Crippen LogP contribution >= 0.6 is 0 Å². The van der Waals surface area contributed by atoms with Gasteiger partial charge in [0.2, 0.25) is 5.91 Å². The van der Waals surface area contributed by atoms with Crippen molar-refractivity contribution in [2.45, 2.75) is 71.0 Å². The molecular formula is C19H29F3N4O2. The molecule has 1 amide bonds. The first kappa shape index (κ1) is 22.4. The van der Waals surface area contributed by atoms with Crippen LogP contribution < -0.4 is 10.9 Å². The summed E-state index contributed by atoms with van der Waals surface area (Å²) in [6.45, 7) is 6.71. The number of alkyl halides is 3. The number of aromatic nitrogens is 2. The van der Waals surface area contributed by atoms with Crippen LogP contribution in [0.5, 0.6) is 0 Å². The number of hydrogen-bond acceptors (Lipinski definition) is 4. The molecule has 1 atom stereocenters. The largest absolute Gasteiger partial charge is 0.422 e. The Bertz CT molecular complexity index is 718. The van der Waals surface area contributed by atoms with E-state index in [2.05, 4.69) is 29.2 Å². The van der Waals surface area contributed by atoms with Crippen molar-refractivity contribution in [3.63, 3.8) is 0 Å². The van der Waals surface area contributed by atoms with Gasteiger partial charge in [-0.05, 0) is 44.3 Å². The van der Waals surface area contributed by atoms with E-state index in [0.29, 0.717) is 13.0 Å². The van der Waals surface area contributed by atoms with Crippen LogP contribution in [0.15, 0.2) is 4.79 Å². The van der Waals surface area contributed by atoms with Gasteiger partial charge in [0.15, 0.2) is 0 Å². The normalized spacial score (nSPS) is 16.4. The number of carbonyl (C=O) groups excluding carboxylic acids is 1. The van der Waals surface area contributed by atoms with E-state index in [-0.39, 0.29) is 30.0 Å². The van der Waals surface area contributed by atoms with Crippen LogP contribution in [0.25, 0.3) is 0 Å². The van der Waals surface area contributed by atoms with Gasteiger partial charge < -0.3 is 10.2 Å². The summed E-state index contributed by atoms with van der Waals surface area (Å²) < 4.78 is 39.5. The van der Waals surface area contributed by atoms with Crippen molar-refractivity contribution in [1.82, 2.24) is 20.4 Å². The SMILES string of the molecule is CCCCCN(CCC)CCC(=O)NC1CCc2c1n[nH]c(=O)c2C(F)(F)F. The highest BCUT2D eigenvalue weighted by Crippen LogP contribution is 2.37. The Morgan fingerprint density at radius 3 is 2.61 bits per heavy atom. The first-order valence-corrected chi connectivity index (χ1v) is 9.98. The number of halogens is 3. The highest BCUT2D eigenvalue weighted by molar-refractivity contribution is 5.76. The van der Waals surface area contributed by atoms with Gasteiger partial charge in [-0.1, -0.05) is 26.7 Å². The van der Waals surface area contributed by atoms with Gasteiger partial charge >= 0.3 is 6.18 Å². The Labute approximate surface area is 162 Å². The molecule has 1 heterocycles. The number of carbonyl (C=O) groups is 1. The molecule has 0 fully saturated rings. The van der Waals surface area contributed by atoms with Crippen LogP contribution in [-0.4, -0.2) is 40.6 Å². The number of hydrogen-bond donors (Lipinski definition) is 2. The van der Waals surface area contributed by atoms with E-state index in [1.807, 2.05) is 5.10 Å². The van der Waals surface area contributed by atoms with Crippen LogP contribution in [-0.2, 0) is 17.4 Å². The molecule has 2 N–H and O–H groups in total. The molecule has 1 aromatic heterocycles. The Hall–Kier alpha value is -1.90. The van der Waals surface area contributed by atoms with Crippen molar-refractivity contribution in [3.8, 4) is 0 Å². The molecule has 0 saturated heterocycles. The summed E-state index contributed by atoms with van der Waals surface area (Å²) in [5.74, 6) is -0.212. The van der Waals surface area contributed by atoms with E-state index in [4.69, 9.17) is 0 Å². The van der Waals surface area contributed by atoms with Gasteiger partial charge in [0, 0.05) is 13.0 Å². The summed E-state index contributed by atoms with van der Waals surface area (Å²) in [6, 6.07) is -0.597. The molecule has 158 valence electrons. The molecule has 6 nitrogen and oxygen atoms in total. The van der Waals surface area contributed by atoms with E-state index >= 15 is 0 Å². The average Bonchev–Trinajstić information content (AvgIpc) is 3.01. The number of amides is 1. The quantitative estimate of drug-likeness (QED) is 0.589. The van der Waals surface area contributed by atoms with E-state index in [1.165, 1.54) is 0 Å². The van der Waals surface area contributed by atoms with Gasteiger partial charge in [-0.15, -0.1) is 0 Å². The maximum absolute atomic E-state index is 13.2. The number of H-pyrrole nitrogens is 1. The highest BCUT2D eigenvalue weighted by Gasteiger charge is 2.41. The molecule has 1 aliphatic carbocycles. The molecule has 0 bridgehead atoms. The number of aromatic amines is 1. The number of nitrogens with one attached hydrogen (secondary N) is 2. The molecule has 0 radical (unpaired) electrons. The third-order valence-corrected chi connectivity index (χ3v) is 5.02. The van der Waals surface area contributed by atoms with Crippen molar-refractivity contribution < 1.29 is 18.0 Å². The minimum atomic E-state index is -4.74. The van der Waals surface area contributed by atoms with Crippen LogP contribution in [0.3, 0.4) is 0 Å². The molecule has 9 heteroatoms. The molecule has 0 aliphatic heterocycles. The standard InChI is InChI=1S/C19H29F3N4O2/c1-3-5-6-11-26(10-4-2)12-9-15(27)23-14-8-7-13-16(19(20,21)22)18(28)25-24-17(13)14/h14H,3-12H2,1-2H3,(H,23,27)(H,25,28). The molecule has 2 rings (SSSR count). The second kappa shape index (κ2) is 10.0. The zero-order chi connectivity index (χ0) is 20.7. The van der Waals surface area contributed by atoms with E-state index in [1.54, 1.807) is 0 Å². The van der Waals surface area contributed by atoms with Crippen LogP contribution in [0.2, 0.25) is 0 Å². The second-order valence-corrected chi connectivity index (χ2v) is 7.25. The number of fused-ring (bicyclic) bond motifs is 1. The Morgan fingerprint density at radius 2 is 1.96 bits per heavy atom. The third kappa shape index (κ3) is 5.80. The highest BCUT2D eigenvalue weighted by atomic mass is 19.4. The zero-order valence-corrected chi connectivity index (χ0v) is 16.5. The smallest absolute Gasteiger partial charge is 0.348 e. The predicted molar refractivity (Wildman–Crippen MR) is 99.9 cm³/mol. The van der Waals surface area contributed by atoms with Gasteiger partial charge in [-0.3, -0.25) is 9.59 Å². The number of rotatable bonds is 10. The van der Waals surface area contributed by atoms with E-state index in [0.717, 1.165) is 38.8 Å². The summed E-state index contributed by atoms with van der Waals surface area (Å²) >= 11 is 0. The Morgan fingerprint density at radius 1 is 1.21 bits per heavy atom. The minimum Gasteiger partial charge on any atom is -0.348 e. The second-order valence-electron chi connectivity index (χ2n) is 7.25. The summed E-state index contributed by atoms with van der Waals surface area (Å²) in [5, 5.41) is 8.48. The molecule has 0 saturated carbocycles. The summed E-state index contributed by atoms with van der Waals surface area (Å²) in [7, 11) is 0. The molecule has 1 unspecified atom stereocenters. The minimum absolute atomic E-state index is 0.0744. The van der Waals surface area contributed by atoms with Crippen LogP contribution in [0.4, 0.5) is 13.2 Å². The van der Waals surface area contributed by atoms with E-state index < -0.39 is 23.3 Å². The van der Waals surface area contributed by atoms with Crippen molar-refractivity contribution >= 4 is 5.91 Å². The van der Waals surface area contributed by atoms with E-state index in [9.17, 15) is 22.8 Å². The molecule has 1 aromatic rings. The summed E-state index contributed by atoms with van der Waals surface area (Å²) in [4.78, 5) is 26.2. The fourth-order valence-electron chi connectivity index (χ4n) is 3.67. The first-order chi connectivity index (χ1) is 13.3. The fraction of sp³-hybridized carbons (Fsp3) is 0.737. The molecule has 0 aromatic carbocycles. The van der Waals surface area contributed by atoms with Gasteiger partial charge in [0.1, 0.15) is 5.56 Å². The molecular weight excluding hydrogens is 373 g/mol. The first-order valence-electron chi connectivity index (χ1n) is 9.98. The summed E-state index contributed by atoms with van der Waals surface area (Å²) in [5.41, 5.74) is -2.41. The van der Waals surface area contributed by atoms with Crippen molar-refractivity contribution in [2.75, 3.05) is 19.6 Å². The lowest BCUT2D eigenvalue weighted by Crippen LogP contribution is -2.34. The number of nitrogens with zero attached hydrogens (tertiary/aromatic N) is 2. The zero-order valence-electron chi connectivity index (χ0n) is 16.5. The van der Waals surface area contributed by atoms with Crippen LogP contribution in [0, 0.1) is 0 Å². The molecule has 1 aliphatic rings. The lowest BCUT2D eigenvalue weighted by atomic mass is 10.1. The lowest BCUT2D eigenvalue weighted by Gasteiger charge is -2.22. The Kier molecular flexibility index (Phi) is 8.03. The maximum Gasteiger partial charge on any atom is 0.422 e. The van der Waals surface area contributed by atoms with Gasteiger partial charge in [0.25, 0.3) is 5.56 Å². The predicted octanol–water partition coefficient (Wildman–Crippen LogP) is 3.18. The van der Waals surface area contributed by atoms with Gasteiger partial charge in [-0.25, -0.2) is 5.10 Å². The maximum atomic E-state index is 13.2. The number of unbranched alkanes of at least 4 members (excludes halogenated alkanes) is 2. The average molecular weight is 402 g/mol. The van der Waals surface area contributed by atoms with Gasteiger partial charge in [0.05, 0.1) is 11.7 Å². The molecule has 0 spiro atoms.